The van der Waals surface area contributed by atoms with E-state index in [2.05, 4.69) is 75.3 Å². The molecule has 2 rings (SSSR count). The van der Waals surface area contributed by atoms with Crippen LogP contribution in [0.2, 0.25) is 0 Å². The quantitative estimate of drug-likeness (QED) is 0.902. The molecule has 1 heterocycles. The van der Waals surface area contributed by atoms with Crippen LogP contribution in [0.5, 0.6) is 0 Å². The summed E-state index contributed by atoms with van der Waals surface area (Å²) in [6.45, 7) is 12.1. The second-order valence-electron chi connectivity index (χ2n) is 7.04. The molecule has 0 bridgehead atoms. The Labute approximate surface area is 129 Å². The van der Waals surface area contributed by atoms with E-state index < -0.39 is 0 Å². The summed E-state index contributed by atoms with van der Waals surface area (Å²) in [6.07, 6.45) is 0.335. The van der Waals surface area contributed by atoms with Crippen molar-refractivity contribution in [3.63, 3.8) is 0 Å². The molecule has 0 spiro atoms. The van der Waals surface area contributed by atoms with E-state index in [1.165, 1.54) is 5.56 Å². The van der Waals surface area contributed by atoms with E-state index in [0.29, 0.717) is 18.2 Å². The lowest BCUT2D eigenvalue weighted by atomic mass is 9.79. The molecule has 1 aliphatic heterocycles. The van der Waals surface area contributed by atoms with Crippen LogP contribution in [-0.2, 0) is 4.74 Å². The number of hydrogen-bond acceptors (Lipinski definition) is 3. The summed E-state index contributed by atoms with van der Waals surface area (Å²) in [6, 6.07) is 11.6. The Bertz CT molecular complexity index is 432. The Morgan fingerprint density at radius 1 is 1.29 bits per heavy atom. The highest BCUT2D eigenvalue weighted by atomic mass is 16.5. The fraction of sp³-hybridized carbons (Fsp3) is 0.667. The summed E-state index contributed by atoms with van der Waals surface area (Å²) >= 11 is 0. The van der Waals surface area contributed by atoms with E-state index in [1.807, 2.05) is 0 Å². The molecule has 21 heavy (non-hydrogen) atoms. The van der Waals surface area contributed by atoms with E-state index in [1.54, 1.807) is 0 Å². The lowest BCUT2D eigenvalue weighted by Crippen LogP contribution is -2.52. The summed E-state index contributed by atoms with van der Waals surface area (Å²) in [5.74, 6) is 0. The molecule has 0 aromatic heterocycles. The number of morpholine rings is 1. The van der Waals surface area contributed by atoms with Crippen LogP contribution in [0.15, 0.2) is 30.3 Å². The first kappa shape index (κ1) is 16.5. The van der Waals surface area contributed by atoms with Crippen molar-refractivity contribution < 1.29 is 4.74 Å². The lowest BCUT2D eigenvalue weighted by molar-refractivity contribution is -0.0631. The number of rotatable bonds is 5. The summed E-state index contributed by atoms with van der Waals surface area (Å²) in [7, 11) is 2.06. The van der Waals surface area contributed by atoms with Crippen LogP contribution in [0.25, 0.3) is 0 Å². The largest absolute Gasteiger partial charge is 0.376 e. The molecule has 0 amide bonds. The van der Waals surface area contributed by atoms with Crippen LogP contribution in [0.1, 0.15) is 39.3 Å². The monoisotopic (exact) mass is 290 g/mol. The smallest absolute Gasteiger partial charge is 0.0674 e. The van der Waals surface area contributed by atoms with E-state index >= 15 is 0 Å². The number of nitrogens with one attached hydrogen (secondary N) is 1. The van der Waals surface area contributed by atoms with Crippen LogP contribution in [-0.4, -0.2) is 43.8 Å². The van der Waals surface area contributed by atoms with Gasteiger partial charge in [0.05, 0.1) is 12.7 Å². The van der Waals surface area contributed by atoms with Crippen molar-refractivity contribution in [2.45, 2.75) is 45.9 Å². The molecule has 3 unspecified atom stereocenters. The fourth-order valence-electron chi connectivity index (χ4n) is 3.46. The van der Waals surface area contributed by atoms with E-state index in [-0.39, 0.29) is 5.41 Å². The molecule has 1 fully saturated rings. The molecule has 1 aromatic rings. The average molecular weight is 290 g/mol. The predicted molar refractivity (Wildman–Crippen MR) is 88.5 cm³/mol. The Morgan fingerprint density at radius 3 is 2.57 bits per heavy atom. The summed E-state index contributed by atoms with van der Waals surface area (Å²) in [5.41, 5.74) is 1.51. The maximum Gasteiger partial charge on any atom is 0.0674 e. The van der Waals surface area contributed by atoms with Gasteiger partial charge >= 0.3 is 0 Å². The van der Waals surface area contributed by atoms with Gasteiger partial charge in [0, 0.05) is 25.2 Å². The number of hydrogen-bond donors (Lipinski definition) is 1. The topological polar surface area (TPSA) is 24.5 Å². The molecule has 118 valence electrons. The Hall–Kier alpha value is -0.900. The molecule has 1 aromatic carbocycles. The molecule has 1 aliphatic rings. The maximum absolute atomic E-state index is 5.75. The van der Waals surface area contributed by atoms with Crippen molar-refractivity contribution >= 4 is 0 Å². The number of nitrogens with zero attached hydrogens (tertiary/aromatic N) is 1. The van der Waals surface area contributed by atoms with E-state index in [0.717, 1.165) is 19.7 Å². The van der Waals surface area contributed by atoms with Crippen LogP contribution < -0.4 is 5.32 Å². The van der Waals surface area contributed by atoms with Gasteiger partial charge in [-0.1, -0.05) is 44.2 Å². The minimum absolute atomic E-state index is 0.154. The van der Waals surface area contributed by atoms with Gasteiger partial charge in [-0.25, -0.2) is 0 Å². The second-order valence-corrected chi connectivity index (χ2v) is 7.04. The van der Waals surface area contributed by atoms with Crippen LogP contribution >= 0.6 is 0 Å². The fourth-order valence-corrected chi connectivity index (χ4v) is 3.46. The Morgan fingerprint density at radius 2 is 1.95 bits per heavy atom. The zero-order valence-electron chi connectivity index (χ0n) is 14.1. The van der Waals surface area contributed by atoms with Gasteiger partial charge in [-0.3, -0.25) is 4.90 Å². The van der Waals surface area contributed by atoms with Crippen LogP contribution in [0, 0.1) is 5.41 Å². The number of benzene rings is 1. The minimum atomic E-state index is 0.154. The molecular weight excluding hydrogens is 260 g/mol. The van der Waals surface area contributed by atoms with Crippen molar-refractivity contribution in [2.75, 3.05) is 26.7 Å². The zero-order valence-corrected chi connectivity index (χ0v) is 14.1. The first-order valence-corrected chi connectivity index (χ1v) is 8.02. The van der Waals surface area contributed by atoms with Crippen LogP contribution in [0.3, 0.4) is 0 Å². The van der Waals surface area contributed by atoms with Crippen molar-refractivity contribution in [3.05, 3.63) is 35.9 Å². The van der Waals surface area contributed by atoms with Gasteiger partial charge in [-0.05, 0) is 31.9 Å². The normalized spacial score (nSPS) is 25.8. The summed E-state index contributed by atoms with van der Waals surface area (Å²) < 4.78 is 5.75. The zero-order chi connectivity index (χ0) is 15.5. The average Bonchev–Trinajstić information content (AvgIpc) is 2.44. The van der Waals surface area contributed by atoms with Crippen molar-refractivity contribution in [2.24, 2.45) is 5.41 Å². The highest BCUT2D eigenvalue weighted by Crippen LogP contribution is 2.35. The highest BCUT2D eigenvalue weighted by molar-refractivity contribution is 5.21. The molecule has 1 saturated heterocycles. The third kappa shape index (κ3) is 4.06. The molecule has 3 nitrogen and oxygen atoms in total. The molecule has 0 aliphatic carbocycles. The molecule has 0 saturated carbocycles. The van der Waals surface area contributed by atoms with Crippen LogP contribution in [0.4, 0.5) is 0 Å². The highest BCUT2D eigenvalue weighted by Gasteiger charge is 2.34. The summed E-state index contributed by atoms with van der Waals surface area (Å²) in [4.78, 5) is 2.57. The van der Waals surface area contributed by atoms with E-state index in [9.17, 15) is 0 Å². The van der Waals surface area contributed by atoms with Crippen molar-refractivity contribution in [1.29, 1.82) is 0 Å². The maximum atomic E-state index is 5.75. The summed E-state index contributed by atoms with van der Waals surface area (Å²) in [5, 5.41) is 3.52. The predicted octanol–water partition coefficient (Wildman–Crippen LogP) is 3.08. The first-order valence-electron chi connectivity index (χ1n) is 8.02. The SMILES string of the molecule is CNC(c1ccccc1)C(C)(C)CN1CC(C)OCC1C. The number of ether oxygens (including phenoxy) is 1. The lowest BCUT2D eigenvalue weighted by Gasteiger charge is -2.44. The third-order valence-electron chi connectivity index (χ3n) is 4.55. The Kier molecular flexibility index (Phi) is 5.42. The molecule has 0 radical (unpaired) electrons. The molecule has 3 heteroatoms. The second kappa shape index (κ2) is 6.91. The van der Waals surface area contributed by atoms with Crippen molar-refractivity contribution in [1.82, 2.24) is 10.2 Å². The van der Waals surface area contributed by atoms with Gasteiger partial charge in [0.25, 0.3) is 0 Å². The van der Waals surface area contributed by atoms with Gasteiger partial charge < -0.3 is 10.1 Å². The standard InChI is InChI=1S/C18H30N2O/c1-14-12-21-15(2)11-20(14)13-18(3,4)17(19-5)16-9-7-6-8-10-16/h6-10,14-15,17,19H,11-13H2,1-5H3. The third-order valence-corrected chi connectivity index (χ3v) is 4.55. The van der Waals surface area contributed by atoms with Gasteiger partial charge in [0.2, 0.25) is 0 Å². The van der Waals surface area contributed by atoms with Gasteiger partial charge in [0.15, 0.2) is 0 Å². The molecule has 1 N–H and O–H groups in total. The van der Waals surface area contributed by atoms with Gasteiger partial charge in [-0.2, -0.15) is 0 Å². The van der Waals surface area contributed by atoms with Crippen molar-refractivity contribution in [3.8, 4) is 0 Å². The van der Waals surface area contributed by atoms with E-state index in [4.69, 9.17) is 4.74 Å². The first-order chi connectivity index (χ1) is 9.94. The molecule has 3 atom stereocenters. The Balaban J connectivity index is 2.12. The van der Waals surface area contributed by atoms with Gasteiger partial charge in [0.1, 0.15) is 0 Å². The van der Waals surface area contributed by atoms with Gasteiger partial charge in [-0.15, -0.1) is 0 Å². The molecular formula is C18H30N2O. The minimum Gasteiger partial charge on any atom is -0.376 e.